The topological polar surface area (TPSA) is 114 Å². The van der Waals surface area contributed by atoms with Crippen molar-refractivity contribution in [2.45, 2.75) is 18.8 Å². The van der Waals surface area contributed by atoms with Gasteiger partial charge in [0.2, 0.25) is 5.54 Å². The Morgan fingerprint density at radius 1 is 0.935 bits per heavy atom. The predicted molar refractivity (Wildman–Crippen MR) is 113 cm³/mol. The number of alkyl carbamates (subject to hydrolysis) is 2. The van der Waals surface area contributed by atoms with Crippen molar-refractivity contribution in [3.8, 4) is 12.3 Å². The van der Waals surface area contributed by atoms with Crippen LogP contribution in [0.3, 0.4) is 0 Å². The van der Waals surface area contributed by atoms with Crippen molar-refractivity contribution in [3.05, 3.63) is 83.9 Å². The number of hydrogen-bond acceptors (Lipinski definition) is 5. The molecular formula is C23H22N2O6. The number of carboxylic acid groups (broad SMARTS) is 1. The monoisotopic (exact) mass is 422 g/mol. The maximum atomic E-state index is 12.0. The molecule has 0 heterocycles. The highest BCUT2D eigenvalue weighted by molar-refractivity contribution is 5.90. The number of carboxylic acids is 1. The molecule has 2 aromatic rings. The maximum Gasteiger partial charge on any atom is 0.409 e. The summed E-state index contributed by atoms with van der Waals surface area (Å²) in [6.07, 6.45) is 6.05. The van der Waals surface area contributed by atoms with Gasteiger partial charge < -0.3 is 19.9 Å². The predicted octanol–water partition coefficient (Wildman–Crippen LogP) is 2.85. The van der Waals surface area contributed by atoms with Gasteiger partial charge in [0.25, 0.3) is 0 Å². The zero-order valence-electron chi connectivity index (χ0n) is 16.6. The molecule has 2 aromatic carbocycles. The number of amides is 2. The van der Waals surface area contributed by atoms with E-state index in [1.54, 1.807) is 24.3 Å². The summed E-state index contributed by atoms with van der Waals surface area (Å²) < 4.78 is 10.1. The second-order valence-electron chi connectivity index (χ2n) is 6.29. The molecule has 0 spiro atoms. The third kappa shape index (κ3) is 7.59. The van der Waals surface area contributed by atoms with Crippen molar-refractivity contribution in [1.29, 1.82) is 0 Å². The van der Waals surface area contributed by atoms with Crippen LogP contribution in [-0.2, 0) is 27.5 Å². The van der Waals surface area contributed by atoms with Crippen LogP contribution in [0.25, 0.3) is 0 Å². The Morgan fingerprint density at radius 2 is 1.45 bits per heavy atom. The molecule has 8 heteroatoms. The van der Waals surface area contributed by atoms with Crippen LogP contribution in [0.15, 0.2) is 72.8 Å². The normalized spacial score (nSPS) is 12.2. The lowest BCUT2D eigenvalue weighted by Gasteiger charge is -2.21. The molecule has 0 saturated carbocycles. The molecule has 0 saturated heterocycles. The summed E-state index contributed by atoms with van der Waals surface area (Å²) in [7, 11) is 0. The molecule has 2 rings (SSSR count). The first kappa shape index (κ1) is 23.0. The van der Waals surface area contributed by atoms with E-state index in [0.29, 0.717) is 0 Å². The maximum absolute atomic E-state index is 12.0. The second kappa shape index (κ2) is 11.7. The van der Waals surface area contributed by atoms with Gasteiger partial charge in [0.05, 0.1) is 0 Å². The Balaban J connectivity index is 1.85. The Kier molecular flexibility index (Phi) is 8.68. The third-order valence-electron chi connectivity index (χ3n) is 4.02. The summed E-state index contributed by atoms with van der Waals surface area (Å²) in [6.45, 7) is -0.0227. The van der Waals surface area contributed by atoms with Crippen LogP contribution in [-0.4, -0.2) is 35.3 Å². The fourth-order valence-electron chi connectivity index (χ4n) is 2.38. The van der Waals surface area contributed by atoms with Crippen LogP contribution >= 0.6 is 0 Å². The number of nitrogens with one attached hydrogen (secondary N) is 2. The molecule has 1 unspecified atom stereocenters. The lowest BCUT2D eigenvalue weighted by molar-refractivity contribution is -0.140. The molecule has 0 aliphatic rings. The van der Waals surface area contributed by atoms with Gasteiger partial charge in [0.15, 0.2) is 0 Å². The van der Waals surface area contributed by atoms with E-state index < -0.39 is 23.7 Å². The van der Waals surface area contributed by atoms with Gasteiger partial charge in [-0.1, -0.05) is 72.7 Å². The van der Waals surface area contributed by atoms with Gasteiger partial charge in [-0.15, -0.1) is 6.42 Å². The van der Waals surface area contributed by atoms with Gasteiger partial charge in [-0.2, -0.15) is 0 Å². The first-order valence-electron chi connectivity index (χ1n) is 9.27. The molecule has 0 aliphatic heterocycles. The number of carbonyl (C=O) groups excluding carboxylic acids is 2. The zero-order valence-corrected chi connectivity index (χ0v) is 16.6. The average molecular weight is 422 g/mol. The van der Waals surface area contributed by atoms with Crippen LogP contribution in [0.5, 0.6) is 0 Å². The first-order chi connectivity index (χ1) is 14.9. The summed E-state index contributed by atoms with van der Waals surface area (Å²) >= 11 is 0. The fourth-order valence-corrected chi connectivity index (χ4v) is 2.38. The molecule has 160 valence electrons. The highest BCUT2D eigenvalue weighted by Crippen LogP contribution is 2.08. The van der Waals surface area contributed by atoms with Crippen molar-refractivity contribution >= 4 is 18.2 Å². The van der Waals surface area contributed by atoms with Crippen LogP contribution in [0, 0.1) is 12.3 Å². The third-order valence-corrected chi connectivity index (χ3v) is 4.02. The minimum Gasteiger partial charge on any atom is -0.479 e. The number of aliphatic carboxylic acids is 1. The van der Waals surface area contributed by atoms with Gasteiger partial charge in [-0.3, -0.25) is 5.32 Å². The molecule has 0 aliphatic carbocycles. The SMILES string of the molecule is C#CC(C=CCNC(=O)OCc1ccccc1)(NC(=O)OCc1ccccc1)C(=O)O. The van der Waals surface area contributed by atoms with Gasteiger partial charge in [-0.05, 0) is 17.2 Å². The molecule has 8 nitrogen and oxygen atoms in total. The number of terminal acetylenes is 1. The molecule has 2 amide bonds. The summed E-state index contributed by atoms with van der Waals surface area (Å²) in [4.78, 5) is 35.4. The van der Waals surface area contributed by atoms with Gasteiger partial charge in [0.1, 0.15) is 13.2 Å². The van der Waals surface area contributed by atoms with Crippen LogP contribution < -0.4 is 10.6 Å². The van der Waals surface area contributed by atoms with E-state index in [4.69, 9.17) is 15.9 Å². The minimum atomic E-state index is -2.14. The lowest BCUT2D eigenvalue weighted by atomic mass is 10.0. The highest BCUT2D eigenvalue weighted by Gasteiger charge is 2.36. The van der Waals surface area contributed by atoms with Crippen molar-refractivity contribution < 1.29 is 29.0 Å². The summed E-state index contributed by atoms with van der Waals surface area (Å²) in [6, 6.07) is 18.0. The number of rotatable bonds is 9. The Labute approximate surface area is 179 Å². The molecule has 1 atom stereocenters. The van der Waals surface area contributed by atoms with Gasteiger partial charge in [0, 0.05) is 6.54 Å². The highest BCUT2D eigenvalue weighted by atomic mass is 16.6. The summed E-state index contributed by atoms with van der Waals surface area (Å²) in [5.74, 6) is 0.559. The fraction of sp³-hybridized carbons (Fsp3) is 0.174. The zero-order chi connectivity index (χ0) is 22.5. The Bertz CT molecular complexity index is 953. The summed E-state index contributed by atoms with van der Waals surface area (Å²) in [5, 5.41) is 14.1. The quantitative estimate of drug-likeness (QED) is 0.423. The molecule has 0 bridgehead atoms. The minimum absolute atomic E-state index is 0.0501. The van der Waals surface area contributed by atoms with E-state index in [-0.39, 0.29) is 19.8 Å². The largest absolute Gasteiger partial charge is 0.479 e. The van der Waals surface area contributed by atoms with E-state index in [9.17, 15) is 19.5 Å². The van der Waals surface area contributed by atoms with Crippen LogP contribution in [0.1, 0.15) is 11.1 Å². The first-order valence-corrected chi connectivity index (χ1v) is 9.27. The molecule has 0 radical (unpaired) electrons. The molecule has 0 fully saturated rings. The van der Waals surface area contributed by atoms with Crippen molar-refractivity contribution in [2.75, 3.05) is 6.54 Å². The smallest absolute Gasteiger partial charge is 0.409 e. The number of hydrogen-bond donors (Lipinski definition) is 3. The molecule has 31 heavy (non-hydrogen) atoms. The molecule has 0 aromatic heterocycles. The van der Waals surface area contributed by atoms with Crippen molar-refractivity contribution in [3.63, 3.8) is 0 Å². The van der Waals surface area contributed by atoms with E-state index >= 15 is 0 Å². The summed E-state index contributed by atoms with van der Waals surface area (Å²) in [5.41, 5.74) is -0.583. The second-order valence-corrected chi connectivity index (χ2v) is 6.29. The van der Waals surface area contributed by atoms with E-state index in [1.165, 1.54) is 6.08 Å². The standard InChI is InChI=1S/C23H22N2O6/c1-2-23(20(26)27,25-22(29)31-17-19-12-7-4-8-13-19)14-9-15-24-21(28)30-16-18-10-5-3-6-11-18/h1,3-14H,15-17H2,(H,24,28)(H,25,29)(H,26,27). The number of carbonyl (C=O) groups is 3. The lowest BCUT2D eigenvalue weighted by Crippen LogP contribution is -2.52. The van der Waals surface area contributed by atoms with E-state index in [0.717, 1.165) is 17.2 Å². The van der Waals surface area contributed by atoms with E-state index in [1.807, 2.05) is 42.3 Å². The number of ether oxygens (including phenoxy) is 2. The van der Waals surface area contributed by atoms with Gasteiger partial charge in [-0.25, -0.2) is 14.4 Å². The van der Waals surface area contributed by atoms with Crippen molar-refractivity contribution in [2.24, 2.45) is 0 Å². The van der Waals surface area contributed by atoms with Crippen LogP contribution in [0.2, 0.25) is 0 Å². The average Bonchev–Trinajstić information content (AvgIpc) is 2.79. The van der Waals surface area contributed by atoms with Crippen molar-refractivity contribution in [1.82, 2.24) is 10.6 Å². The van der Waals surface area contributed by atoms with Gasteiger partial charge >= 0.3 is 18.2 Å². The van der Waals surface area contributed by atoms with E-state index in [2.05, 4.69) is 10.6 Å². The number of benzene rings is 2. The van der Waals surface area contributed by atoms with Crippen LogP contribution in [0.4, 0.5) is 9.59 Å². The Morgan fingerprint density at radius 3 is 1.94 bits per heavy atom. The Hall–Kier alpha value is -4.25. The molecule has 3 N–H and O–H groups in total. The molecular weight excluding hydrogens is 400 g/mol.